The molecule has 146 valence electrons. The van der Waals surface area contributed by atoms with Crippen LogP contribution in [0.1, 0.15) is 12.5 Å². The van der Waals surface area contributed by atoms with Gasteiger partial charge < -0.3 is 10.1 Å². The van der Waals surface area contributed by atoms with Crippen LogP contribution in [-0.2, 0) is 6.54 Å². The third-order valence-corrected chi connectivity index (χ3v) is 4.50. The van der Waals surface area contributed by atoms with Crippen LogP contribution in [0.3, 0.4) is 0 Å². The summed E-state index contributed by atoms with van der Waals surface area (Å²) >= 11 is 6.28. The summed E-state index contributed by atoms with van der Waals surface area (Å²) in [4.78, 5) is 17.9. The fourth-order valence-electron chi connectivity index (χ4n) is 2.78. The molecule has 0 atom stereocenters. The molecule has 29 heavy (non-hydrogen) atoms. The zero-order valence-corrected chi connectivity index (χ0v) is 16.3. The molecule has 4 rings (SSSR count). The van der Waals surface area contributed by atoms with Crippen LogP contribution in [0.5, 0.6) is 5.88 Å². The van der Waals surface area contributed by atoms with E-state index in [1.54, 1.807) is 24.4 Å². The van der Waals surface area contributed by atoms with Gasteiger partial charge in [0.25, 0.3) is 0 Å². The average molecular weight is 410 g/mol. The molecule has 0 amide bonds. The van der Waals surface area contributed by atoms with Crippen molar-refractivity contribution in [3.8, 4) is 17.1 Å². The molecule has 6 nitrogen and oxygen atoms in total. The highest BCUT2D eigenvalue weighted by Gasteiger charge is 2.14. The van der Waals surface area contributed by atoms with Gasteiger partial charge in [0.15, 0.2) is 11.2 Å². The second kappa shape index (κ2) is 8.36. The summed E-state index contributed by atoms with van der Waals surface area (Å²) in [5.41, 5.74) is 3.13. The molecule has 2 heterocycles. The first-order valence-corrected chi connectivity index (χ1v) is 9.42. The lowest BCUT2D eigenvalue weighted by Crippen LogP contribution is -2.07. The van der Waals surface area contributed by atoms with Crippen molar-refractivity contribution in [2.45, 2.75) is 13.5 Å². The Bertz CT molecular complexity index is 1150. The van der Waals surface area contributed by atoms with Gasteiger partial charge in [0.2, 0.25) is 11.8 Å². The molecular formula is C21H17ClFN5O. The Morgan fingerprint density at radius 3 is 2.59 bits per heavy atom. The lowest BCUT2D eigenvalue weighted by atomic mass is 10.1. The van der Waals surface area contributed by atoms with Crippen molar-refractivity contribution in [3.63, 3.8) is 0 Å². The molecule has 0 bridgehead atoms. The maximum Gasteiger partial charge on any atom is 0.247 e. The Balaban J connectivity index is 1.68. The fraction of sp³-hybridized carbons (Fsp3) is 0.143. The lowest BCUT2D eigenvalue weighted by molar-refractivity contribution is 0.330. The van der Waals surface area contributed by atoms with Crippen molar-refractivity contribution in [2.24, 2.45) is 0 Å². The number of fused-ring (bicyclic) bond motifs is 1. The molecule has 0 aliphatic carbocycles. The molecule has 2 aromatic carbocycles. The van der Waals surface area contributed by atoms with Crippen molar-refractivity contribution in [2.75, 3.05) is 11.9 Å². The molecule has 0 fully saturated rings. The van der Waals surface area contributed by atoms with Gasteiger partial charge in [0.1, 0.15) is 5.82 Å². The second-order valence-corrected chi connectivity index (χ2v) is 6.58. The van der Waals surface area contributed by atoms with E-state index in [0.29, 0.717) is 46.9 Å². The SMILES string of the molecule is CCOc1nc(NCc2ccc(F)cc2)nc2ncc(-c3ccccc3Cl)nc12. The lowest BCUT2D eigenvalue weighted by Gasteiger charge is -2.11. The van der Waals surface area contributed by atoms with Crippen LogP contribution in [-0.4, -0.2) is 26.5 Å². The van der Waals surface area contributed by atoms with Gasteiger partial charge >= 0.3 is 0 Å². The van der Waals surface area contributed by atoms with E-state index in [0.717, 1.165) is 11.1 Å². The van der Waals surface area contributed by atoms with Crippen LogP contribution in [0.25, 0.3) is 22.4 Å². The van der Waals surface area contributed by atoms with E-state index < -0.39 is 0 Å². The van der Waals surface area contributed by atoms with E-state index in [2.05, 4.69) is 25.3 Å². The normalized spacial score (nSPS) is 10.9. The summed E-state index contributed by atoms with van der Waals surface area (Å²) in [7, 11) is 0. The van der Waals surface area contributed by atoms with Crippen LogP contribution < -0.4 is 10.1 Å². The molecule has 0 aliphatic heterocycles. The molecule has 0 saturated carbocycles. The maximum atomic E-state index is 13.1. The number of nitrogens with zero attached hydrogens (tertiary/aromatic N) is 4. The Morgan fingerprint density at radius 2 is 1.83 bits per heavy atom. The number of benzene rings is 2. The van der Waals surface area contributed by atoms with E-state index in [1.807, 2.05) is 25.1 Å². The van der Waals surface area contributed by atoms with E-state index in [1.165, 1.54) is 12.1 Å². The van der Waals surface area contributed by atoms with E-state index in [-0.39, 0.29) is 5.82 Å². The molecule has 0 aliphatic rings. The largest absolute Gasteiger partial charge is 0.476 e. The van der Waals surface area contributed by atoms with Crippen LogP contribution in [0.4, 0.5) is 10.3 Å². The highest BCUT2D eigenvalue weighted by Crippen LogP contribution is 2.29. The minimum Gasteiger partial charge on any atom is -0.476 e. The number of hydrogen-bond donors (Lipinski definition) is 1. The van der Waals surface area contributed by atoms with Gasteiger partial charge in [-0.15, -0.1) is 0 Å². The molecule has 0 spiro atoms. The highest BCUT2D eigenvalue weighted by molar-refractivity contribution is 6.33. The number of halogens is 2. The van der Waals surface area contributed by atoms with Gasteiger partial charge in [-0.2, -0.15) is 9.97 Å². The monoisotopic (exact) mass is 409 g/mol. The molecule has 1 N–H and O–H groups in total. The number of hydrogen-bond acceptors (Lipinski definition) is 6. The standard InChI is InChI=1S/C21H17ClFN5O/c1-2-29-20-18-19(24-12-17(26-18)15-5-3-4-6-16(15)22)27-21(28-20)25-11-13-7-9-14(23)10-8-13/h3-10,12H,2,11H2,1H3,(H,24,25,27,28). The molecule has 0 unspecified atom stereocenters. The van der Waals surface area contributed by atoms with Gasteiger partial charge in [-0.3, -0.25) is 0 Å². The molecule has 4 aromatic rings. The summed E-state index contributed by atoms with van der Waals surface area (Å²) in [6.45, 7) is 2.72. The number of anilines is 1. The first-order valence-electron chi connectivity index (χ1n) is 9.05. The Morgan fingerprint density at radius 1 is 1.03 bits per heavy atom. The van der Waals surface area contributed by atoms with Crippen LogP contribution >= 0.6 is 11.6 Å². The van der Waals surface area contributed by atoms with Gasteiger partial charge in [-0.25, -0.2) is 14.4 Å². The Kier molecular flexibility index (Phi) is 5.48. The van der Waals surface area contributed by atoms with Crippen LogP contribution in [0.2, 0.25) is 5.02 Å². The topological polar surface area (TPSA) is 72.8 Å². The average Bonchev–Trinajstić information content (AvgIpc) is 2.74. The van der Waals surface area contributed by atoms with Gasteiger partial charge in [0.05, 0.1) is 23.5 Å². The molecule has 0 radical (unpaired) electrons. The summed E-state index contributed by atoms with van der Waals surface area (Å²) in [6.07, 6.45) is 1.62. The number of nitrogens with one attached hydrogen (secondary N) is 1. The number of aromatic nitrogens is 4. The third-order valence-electron chi connectivity index (χ3n) is 4.17. The van der Waals surface area contributed by atoms with Gasteiger partial charge in [0, 0.05) is 12.1 Å². The first-order chi connectivity index (χ1) is 14.1. The quantitative estimate of drug-likeness (QED) is 0.488. The Labute approximate surface area is 171 Å². The van der Waals surface area contributed by atoms with Crippen LogP contribution in [0.15, 0.2) is 54.7 Å². The first kappa shape index (κ1) is 19.0. The fourth-order valence-corrected chi connectivity index (χ4v) is 3.01. The van der Waals surface area contributed by atoms with Crippen molar-refractivity contribution < 1.29 is 9.13 Å². The molecule has 0 saturated heterocycles. The smallest absolute Gasteiger partial charge is 0.247 e. The minimum absolute atomic E-state index is 0.279. The second-order valence-electron chi connectivity index (χ2n) is 6.17. The predicted octanol–water partition coefficient (Wildman–Crippen LogP) is 4.89. The van der Waals surface area contributed by atoms with Gasteiger partial charge in [-0.1, -0.05) is 41.9 Å². The van der Waals surface area contributed by atoms with Gasteiger partial charge in [-0.05, 0) is 30.7 Å². The molecular weight excluding hydrogens is 393 g/mol. The van der Waals surface area contributed by atoms with Crippen LogP contribution in [0, 0.1) is 5.82 Å². The van der Waals surface area contributed by atoms with Crippen molar-refractivity contribution in [3.05, 3.63) is 71.1 Å². The van der Waals surface area contributed by atoms with E-state index >= 15 is 0 Å². The zero-order chi connectivity index (χ0) is 20.2. The zero-order valence-electron chi connectivity index (χ0n) is 15.6. The Hall–Kier alpha value is -3.32. The van der Waals surface area contributed by atoms with E-state index in [4.69, 9.17) is 16.3 Å². The maximum absolute atomic E-state index is 13.1. The third kappa shape index (κ3) is 4.25. The summed E-state index contributed by atoms with van der Waals surface area (Å²) in [6, 6.07) is 13.6. The molecule has 8 heteroatoms. The van der Waals surface area contributed by atoms with E-state index in [9.17, 15) is 4.39 Å². The number of ether oxygens (including phenoxy) is 1. The van der Waals surface area contributed by atoms with Crippen molar-refractivity contribution in [1.29, 1.82) is 0 Å². The summed E-state index contributed by atoms with van der Waals surface area (Å²) in [5.74, 6) is 0.407. The predicted molar refractivity (Wildman–Crippen MR) is 110 cm³/mol. The number of rotatable bonds is 6. The summed E-state index contributed by atoms with van der Waals surface area (Å²) < 4.78 is 18.7. The highest BCUT2D eigenvalue weighted by atomic mass is 35.5. The van der Waals surface area contributed by atoms with Crippen molar-refractivity contribution in [1.82, 2.24) is 19.9 Å². The minimum atomic E-state index is -0.279. The van der Waals surface area contributed by atoms with Crippen molar-refractivity contribution >= 4 is 28.7 Å². The summed E-state index contributed by atoms with van der Waals surface area (Å²) in [5, 5.41) is 3.69. The molecule has 2 aromatic heterocycles.